The van der Waals surface area contributed by atoms with Crippen molar-refractivity contribution in [2.45, 2.75) is 13.8 Å². The molecule has 0 bridgehead atoms. The Morgan fingerprint density at radius 2 is 2.21 bits per heavy atom. The number of hydrogen-bond donors (Lipinski definition) is 0. The van der Waals surface area contributed by atoms with Crippen LogP contribution in [0.15, 0.2) is 42.5 Å². The van der Waals surface area contributed by atoms with Crippen molar-refractivity contribution in [3.63, 3.8) is 0 Å². The number of allylic oxidation sites excluding steroid dienone is 3. The molecular formula is C13H13N. The van der Waals surface area contributed by atoms with Crippen molar-refractivity contribution < 1.29 is 0 Å². The highest BCUT2D eigenvalue weighted by Crippen LogP contribution is 2.16. The van der Waals surface area contributed by atoms with E-state index in [4.69, 9.17) is 5.26 Å². The quantitative estimate of drug-likeness (QED) is 0.508. The first-order chi connectivity index (χ1) is 6.63. The third-order valence-corrected chi connectivity index (χ3v) is 1.96. The molecule has 0 aliphatic heterocycles. The number of benzene rings is 1. The molecule has 1 nitrogen and oxygen atoms in total. The van der Waals surface area contributed by atoms with Gasteiger partial charge in [0.1, 0.15) is 0 Å². The average molecular weight is 183 g/mol. The standard InChI is InChI=1S/C13H13N/c1-10-5-4-6-13(8-10)12(3)7-11(2)9-14/h4-8H,3H2,1-2H3/b11-7+. The summed E-state index contributed by atoms with van der Waals surface area (Å²) in [5.74, 6) is 0. The van der Waals surface area contributed by atoms with Crippen LogP contribution in [0.25, 0.3) is 5.57 Å². The summed E-state index contributed by atoms with van der Waals surface area (Å²) >= 11 is 0. The normalized spacial score (nSPS) is 10.8. The fourth-order valence-electron chi connectivity index (χ4n) is 1.22. The van der Waals surface area contributed by atoms with Crippen LogP contribution in [-0.4, -0.2) is 0 Å². The fraction of sp³-hybridized carbons (Fsp3) is 0.154. The molecule has 0 N–H and O–H groups in total. The fourth-order valence-corrected chi connectivity index (χ4v) is 1.22. The van der Waals surface area contributed by atoms with E-state index in [-0.39, 0.29) is 0 Å². The first-order valence-corrected chi connectivity index (χ1v) is 4.48. The summed E-state index contributed by atoms with van der Waals surface area (Å²) in [6, 6.07) is 10.2. The van der Waals surface area contributed by atoms with Crippen molar-refractivity contribution >= 4 is 5.57 Å². The highest BCUT2D eigenvalue weighted by Gasteiger charge is 1.96. The van der Waals surface area contributed by atoms with Gasteiger partial charge >= 0.3 is 0 Å². The number of nitriles is 1. The van der Waals surface area contributed by atoms with E-state index >= 15 is 0 Å². The smallest absolute Gasteiger partial charge is 0.0944 e. The molecule has 0 heterocycles. The molecule has 14 heavy (non-hydrogen) atoms. The lowest BCUT2D eigenvalue weighted by Crippen LogP contribution is -1.81. The second-order valence-electron chi connectivity index (χ2n) is 3.33. The van der Waals surface area contributed by atoms with Gasteiger partial charge in [-0.2, -0.15) is 5.26 Å². The minimum atomic E-state index is 0.677. The number of nitrogens with zero attached hydrogens (tertiary/aromatic N) is 1. The maximum Gasteiger partial charge on any atom is 0.0944 e. The Hall–Kier alpha value is -1.81. The molecule has 1 rings (SSSR count). The molecule has 1 heteroatoms. The van der Waals surface area contributed by atoms with E-state index in [1.807, 2.05) is 25.1 Å². The molecule has 1 aromatic carbocycles. The molecule has 1 aromatic rings. The van der Waals surface area contributed by atoms with E-state index in [2.05, 4.69) is 18.7 Å². The van der Waals surface area contributed by atoms with Crippen LogP contribution < -0.4 is 0 Å². The Balaban J connectivity index is 2.97. The molecule has 0 spiro atoms. The van der Waals surface area contributed by atoms with Gasteiger partial charge in [-0.15, -0.1) is 0 Å². The molecule has 0 unspecified atom stereocenters. The monoisotopic (exact) mass is 183 g/mol. The molecule has 0 fully saturated rings. The lowest BCUT2D eigenvalue weighted by atomic mass is 10.0. The topological polar surface area (TPSA) is 23.8 Å². The molecule has 0 aromatic heterocycles. The van der Waals surface area contributed by atoms with Gasteiger partial charge < -0.3 is 0 Å². The average Bonchev–Trinajstić information content (AvgIpc) is 2.17. The molecule has 0 atom stereocenters. The van der Waals surface area contributed by atoms with Crippen molar-refractivity contribution in [1.29, 1.82) is 5.26 Å². The second kappa shape index (κ2) is 4.43. The number of hydrogen-bond acceptors (Lipinski definition) is 1. The summed E-state index contributed by atoms with van der Waals surface area (Å²) in [5.41, 5.74) is 3.83. The Morgan fingerprint density at radius 1 is 1.50 bits per heavy atom. The predicted octanol–water partition coefficient (Wildman–Crippen LogP) is 3.48. The summed E-state index contributed by atoms with van der Waals surface area (Å²) < 4.78 is 0. The first kappa shape index (κ1) is 10.3. The summed E-state index contributed by atoms with van der Waals surface area (Å²) in [6.07, 6.45) is 1.80. The number of rotatable bonds is 2. The molecule has 0 amide bonds. The molecule has 0 aliphatic rings. The van der Waals surface area contributed by atoms with Crippen LogP contribution in [-0.2, 0) is 0 Å². The van der Waals surface area contributed by atoms with E-state index in [0.29, 0.717) is 5.57 Å². The minimum Gasteiger partial charge on any atom is -0.193 e. The summed E-state index contributed by atoms with van der Waals surface area (Å²) in [6.45, 7) is 7.74. The van der Waals surface area contributed by atoms with E-state index in [0.717, 1.165) is 11.1 Å². The van der Waals surface area contributed by atoms with E-state index in [1.54, 1.807) is 13.0 Å². The van der Waals surface area contributed by atoms with E-state index in [9.17, 15) is 0 Å². The van der Waals surface area contributed by atoms with E-state index < -0.39 is 0 Å². The second-order valence-corrected chi connectivity index (χ2v) is 3.33. The van der Waals surface area contributed by atoms with Gasteiger partial charge in [0.2, 0.25) is 0 Å². The Kier molecular flexibility index (Phi) is 3.25. The third-order valence-electron chi connectivity index (χ3n) is 1.96. The van der Waals surface area contributed by atoms with Crippen molar-refractivity contribution in [3.8, 4) is 6.07 Å². The van der Waals surface area contributed by atoms with Crippen LogP contribution >= 0.6 is 0 Å². The SMILES string of the molecule is C=C(/C=C(\C)C#N)c1cccc(C)c1. The molecular weight excluding hydrogens is 170 g/mol. The Labute approximate surface area is 85.0 Å². The predicted molar refractivity (Wildman–Crippen MR) is 59.6 cm³/mol. The van der Waals surface area contributed by atoms with Crippen LogP contribution in [0.5, 0.6) is 0 Å². The molecule has 0 saturated carbocycles. The lowest BCUT2D eigenvalue weighted by Gasteiger charge is -2.01. The van der Waals surface area contributed by atoms with Gasteiger partial charge in [0.15, 0.2) is 0 Å². The van der Waals surface area contributed by atoms with Gasteiger partial charge in [-0.3, -0.25) is 0 Å². The van der Waals surface area contributed by atoms with Crippen molar-refractivity contribution in [2.75, 3.05) is 0 Å². The van der Waals surface area contributed by atoms with Crippen molar-refractivity contribution in [1.82, 2.24) is 0 Å². The minimum absolute atomic E-state index is 0.677. The molecule has 0 aliphatic carbocycles. The van der Waals surface area contributed by atoms with Gasteiger partial charge in [0, 0.05) is 5.57 Å². The zero-order valence-electron chi connectivity index (χ0n) is 8.54. The zero-order valence-corrected chi connectivity index (χ0v) is 8.54. The van der Waals surface area contributed by atoms with Gasteiger partial charge in [-0.1, -0.05) is 36.4 Å². The maximum atomic E-state index is 8.63. The molecule has 0 radical (unpaired) electrons. The largest absolute Gasteiger partial charge is 0.193 e. The van der Waals surface area contributed by atoms with Gasteiger partial charge in [-0.25, -0.2) is 0 Å². The highest BCUT2D eigenvalue weighted by atomic mass is 14.2. The van der Waals surface area contributed by atoms with Crippen LogP contribution in [0.2, 0.25) is 0 Å². The maximum absolute atomic E-state index is 8.63. The third kappa shape index (κ3) is 2.60. The van der Waals surface area contributed by atoms with Crippen molar-refractivity contribution in [2.24, 2.45) is 0 Å². The van der Waals surface area contributed by atoms with Crippen LogP contribution in [0.3, 0.4) is 0 Å². The summed E-state index contributed by atoms with van der Waals surface area (Å²) in [4.78, 5) is 0. The van der Waals surface area contributed by atoms with Crippen molar-refractivity contribution in [3.05, 3.63) is 53.6 Å². The van der Waals surface area contributed by atoms with Crippen LogP contribution in [0.1, 0.15) is 18.1 Å². The Morgan fingerprint density at radius 3 is 2.79 bits per heavy atom. The first-order valence-electron chi connectivity index (χ1n) is 4.48. The molecule has 0 saturated heterocycles. The highest BCUT2D eigenvalue weighted by molar-refractivity contribution is 5.73. The van der Waals surface area contributed by atoms with Crippen LogP contribution in [0, 0.1) is 18.3 Å². The van der Waals surface area contributed by atoms with Crippen LogP contribution in [0.4, 0.5) is 0 Å². The van der Waals surface area contributed by atoms with Gasteiger partial charge in [0.25, 0.3) is 0 Å². The zero-order chi connectivity index (χ0) is 10.6. The summed E-state index contributed by atoms with van der Waals surface area (Å²) in [5, 5.41) is 8.63. The molecule has 70 valence electrons. The summed E-state index contributed by atoms with van der Waals surface area (Å²) in [7, 11) is 0. The number of aryl methyl sites for hydroxylation is 1. The Bertz CT molecular complexity index is 419. The van der Waals surface area contributed by atoms with Gasteiger partial charge in [-0.05, 0) is 31.1 Å². The van der Waals surface area contributed by atoms with Gasteiger partial charge in [0.05, 0.1) is 6.07 Å². The van der Waals surface area contributed by atoms with E-state index in [1.165, 1.54) is 5.56 Å². The lowest BCUT2D eigenvalue weighted by molar-refractivity contribution is 1.43.